The van der Waals surface area contributed by atoms with E-state index in [1.54, 1.807) is 14.2 Å². The largest absolute Gasteiger partial charge is 0.493 e. The first-order valence-electron chi connectivity index (χ1n) is 7.44. The minimum atomic E-state index is 0.177. The molecule has 5 nitrogen and oxygen atoms in total. The van der Waals surface area contributed by atoms with Crippen LogP contribution in [0.3, 0.4) is 0 Å². The van der Waals surface area contributed by atoms with E-state index < -0.39 is 0 Å². The number of carbonyl (C=O) groups excluding carboxylic acids is 1. The third kappa shape index (κ3) is 4.11. The number of para-hydroxylation sites is 1. The summed E-state index contributed by atoms with van der Waals surface area (Å²) in [7, 11) is 3.25. The van der Waals surface area contributed by atoms with Crippen LogP contribution in [-0.2, 0) is 11.3 Å². The number of rotatable bonds is 6. The van der Waals surface area contributed by atoms with Crippen LogP contribution in [0.4, 0.5) is 0 Å². The van der Waals surface area contributed by atoms with Crippen molar-refractivity contribution in [3.63, 3.8) is 0 Å². The van der Waals surface area contributed by atoms with Gasteiger partial charge in [-0.2, -0.15) is 0 Å². The quantitative estimate of drug-likeness (QED) is 0.869. The molecule has 2 rings (SSSR count). The van der Waals surface area contributed by atoms with Gasteiger partial charge in [0, 0.05) is 25.2 Å². The summed E-state index contributed by atoms with van der Waals surface area (Å²) in [6.45, 7) is 2.73. The first-order valence-corrected chi connectivity index (χ1v) is 7.44. The molecule has 1 aromatic rings. The summed E-state index contributed by atoms with van der Waals surface area (Å²) in [6, 6.07) is 5.76. The maximum absolute atomic E-state index is 12.1. The lowest BCUT2D eigenvalue weighted by molar-refractivity contribution is -0.131. The summed E-state index contributed by atoms with van der Waals surface area (Å²) in [5, 5.41) is 3.20. The summed E-state index contributed by atoms with van der Waals surface area (Å²) < 4.78 is 10.7. The molecule has 1 N–H and O–H groups in total. The van der Waals surface area contributed by atoms with Crippen LogP contribution in [0.5, 0.6) is 11.5 Å². The first kappa shape index (κ1) is 15.6. The SMILES string of the molecule is COc1cccc(CNCC(=O)N2CCCCC2)c1OC. The second-order valence-electron chi connectivity index (χ2n) is 5.20. The van der Waals surface area contributed by atoms with E-state index in [0.29, 0.717) is 18.8 Å². The zero-order chi connectivity index (χ0) is 15.1. The molecule has 0 aliphatic carbocycles. The number of benzene rings is 1. The Hall–Kier alpha value is -1.75. The molecule has 1 aromatic carbocycles. The summed E-state index contributed by atoms with van der Waals surface area (Å²) in [5.74, 6) is 1.61. The predicted octanol–water partition coefficient (Wildman–Crippen LogP) is 1.81. The third-order valence-corrected chi connectivity index (χ3v) is 3.78. The summed E-state index contributed by atoms with van der Waals surface area (Å²) in [6.07, 6.45) is 3.48. The van der Waals surface area contributed by atoms with Crippen molar-refractivity contribution in [2.24, 2.45) is 0 Å². The molecule has 1 aliphatic heterocycles. The zero-order valence-electron chi connectivity index (χ0n) is 12.9. The molecule has 0 bridgehead atoms. The Morgan fingerprint density at radius 2 is 1.95 bits per heavy atom. The predicted molar refractivity (Wildman–Crippen MR) is 81.7 cm³/mol. The van der Waals surface area contributed by atoms with E-state index in [0.717, 1.165) is 37.2 Å². The monoisotopic (exact) mass is 292 g/mol. The Labute approximate surface area is 126 Å². The van der Waals surface area contributed by atoms with Crippen molar-refractivity contribution < 1.29 is 14.3 Å². The molecule has 1 fully saturated rings. The zero-order valence-corrected chi connectivity index (χ0v) is 12.9. The fourth-order valence-electron chi connectivity index (χ4n) is 2.65. The number of carbonyl (C=O) groups is 1. The molecule has 0 saturated carbocycles. The standard InChI is InChI=1S/C16H24N2O3/c1-20-14-8-6-7-13(16(14)21-2)11-17-12-15(19)18-9-4-3-5-10-18/h6-8,17H,3-5,9-12H2,1-2H3. The normalized spacial score (nSPS) is 14.9. The van der Waals surface area contributed by atoms with Crippen molar-refractivity contribution in [1.82, 2.24) is 10.2 Å². The topological polar surface area (TPSA) is 50.8 Å². The smallest absolute Gasteiger partial charge is 0.236 e. The van der Waals surface area contributed by atoms with Gasteiger partial charge in [0.1, 0.15) is 0 Å². The minimum Gasteiger partial charge on any atom is -0.493 e. The van der Waals surface area contributed by atoms with Crippen molar-refractivity contribution in [3.8, 4) is 11.5 Å². The first-order chi connectivity index (χ1) is 10.3. The Morgan fingerprint density at radius 1 is 1.19 bits per heavy atom. The molecule has 21 heavy (non-hydrogen) atoms. The molecule has 0 spiro atoms. The molecule has 1 aliphatic rings. The number of piperidine rings is 1. The lowest BCUT2D eigenvalue weighted by Gasteiger charge is -2.26. The Bertz CT molecular complexity index is 471. The van der Waals surface area contributed by atoms with Crippen LogP contribution in [-0.4, -0.2) is 44.7 Å². The van der Waals surface area contributed by atoms with Gasteiger partial charge in [-0.05, 0) is 25.3 Å². The Balaban J connectivity index is 1.87. The van der Waals surface area contributed by atoms with Crippen molar-refractivity contribution in [2.75, 3.05) is 33.9 Å². The van der Waals surface area contributed by atoms with Crippen molar-refractivity contribution in [2.45, 2.75) is 25.8 Å². The van der Waals surface area contributed by atoms with Crippen molar-refractivity contribution in [3.05, 3.63) is 23.8 Å². The highest BCUT2D eigenvalue weighted by atomic mass is 16.5. The van der Waals surface area contributed by atoms with Gasteiger partial charge in [0.2, 0.25) is 5.91 Å². The number of amides is 1. The maximum Gasteiger partial charge on any atom is 0.236 e. The molecular weight excluding hydrogens is 268 g/mol. The molecular formula is C16H24N2O3. The summed E-state index contributed by atoms with van der Waals surface area (Å²) in [5.41, 5.74) is 0.989. The molecule has 0 aromatic heterocycles. The molecule has 116 valence electrons. The molecule has 5 heteroatoms. The highest BCUT2D eigenvalue weighted by molar-refractivity contribution is 5.78. The van der Waals surface area contributed by atoms with E-state index in [4.69, 9.17) is 9.47 Å². The maximum atomic E-state index is 12.1. The number of nitrogens with zero attached hydrogens (tertiary/aromatic N) is 1. The highest BCUT2D eigenvalue weighted by Crippen LogP contribution is 2.30. The highest BCUT2D eigenvalue weighted by Gasteiger charge is 2.16. The lowest BCUT2D eigenvalue weighted by atomic mass is 10.1. The van der Waals surface area contributed by atoms with Crippen LogP contribution in [0.25, 0.3) is 0 Å². The van der Waals surface area contributed by atoms with Crippen LogP contribution in [0, 0.1) is 0 Å². The number of methoxy groups -OCH3 is 2. The second kappa shape index (κ2) is 7.88. The van der Waals surface area contributed by atoms with E-state index in [9.17, 15) is 4.79 Å². The number of nitrogens with one attached hydrogen (secondary N) is 1. The molecule has 1 heterocycles. The van der Waals surface area contributed by atoms with E-state index in [1.165, 1.54) is 6.42 Å². The van der Waals surface area contributed by atoms with Gasteiger partial charge in [-0.1, -0.05) is 12.1 Å². The number of ether oxygens (including phenoxy) is 2. The molecule has 1 amide bonds. The van der Waals surface area contributed by atoms with Crippen LogP contribution < -0.4 is 14.8 Å². The van der Waals surface area contributed by atoms with E-state index in [-0.39, 0.29) is 5.91 Å². The van der Waals surface area contributed by atoms with Crippen molar-refractivity contribution in [1.29, 1.82) is 0 Å². The second-order valence-corrected chi connectivity index (χ2v) is 5.20. The molecule has 0 atom stereocenters. The van der Waals surface area contributed by atoms with Crippen molar-refractivity contribution >= 4 is 5.91 Å². The summed E-state index contributed by atoms with van der Waals surface area (Å²) >= 11 is 0. The van der Waals surface area contributed by atoms with E-state index >= 15 is 0 Å². The van der Waals surface area contributed by atoms with E-state index in [2.05, 4.69) is 5.32 Å². The summed E-state index contributed by atoms with van der Waals surface area (Å²) in [4.78, 5) is 14.0. The number of likely N-dealkylation sites (tertiary alicyclic amines) is 1. The number of hydrogen-bond acceptors (Lipinski definition) is 4. The van der Waals surface area contributed by atoms with E-state index in [1.807, 2.05) is 23.1 Å². The van der Waals surface area contributed by atoms with Gasteiger partial charge in [-0.15, -0.1) is 0 Å². The van der Waals surface area contributed by atoms with Gasteiger partial charge in [0.15, 0.2) is 11.5 Å². The average Bonchev–Trinajstić information content (AvgIpc) is 2.55. The Kier molecular flexibility index (Phi) is 5.87. The lowest BCUT2D eigenvalue weighted by Crippen LogP contribution is -2.40. The fraction of sp³-hybridized carbons (Fsp3) is 0.562. The van der Waals surface area contributed by atoms with Gasteiger partial charge in [-0.25, -0.2) is 0 Å². The van der Waals surface area contributed by atoms with Crippen LogP contribution in [0.1, 0.15) is 24.8 Å². The number of hydrogen-bond donors (Lipinski definition) is 1. The van der Waals surface area contributed by atoms with Crippen LogP contribution in [0.2, 0.25) is 0 Å². The fourth-order valence-corrected chi connectivity index (χ4v) is 2.65. The molecule has 0 unspecified atom stereocenters. The van der Waals surface area contributed by atoms with Gasteiger partial charge in [0.25, 0.3) is 0 Å². The van der Waals surface area contributed by atoms with Gasteiger partial charge >= 0.3 is 0 Å². The minimum absolute atomic E-state index is 0.177. The van der Waals surface area contributed by atoms with Crippen LogP contribution >= 0.6 is 0 Å². The Morgan fingerprint density at radius 3 is 2.62 bits per heavy atom. The third-order valence-electron chi connectivity index (χ3n) is 3.78. The van der Waals surface area contributed by atoms with Gasteiger partial charge in [-0.3, -0.25) is 4.79 Å². The molecule has 1 saturated heterocycles. The average molecular weight is 292 g/mol. The van der Waals surface area contributed by atoms with Gasteiger partial charge in [0.05, 0.1) is 20.8 Å². The van der Waals surface area contributed by atoms with Crippen LogP contribution in [0.15, 0.2) is 18.2 Å². The van der Waals surface area contributed by atoms with Gasteiger partial charge < -0.3 is 19.7 Å². The molecule has 0 radical (unpaired) electrons.